The molecule has 1 heterocycles. The van der Waals surface area contributed by atoms with Crippen molar-refractivity contribution < 1.29 is 17.5 Å². The molecule has 174 valence electrons. The summed E-state index contributed by atoms with van der Waals surface area (Å²) in [6, 6.07) is 21.6. The van der Waals surface area contributed by atoms with Crippen LogP contribution in [0.25, 0.3) is 11.3 Å². The van der Waals surface area contributed by atoms with Crippen LogP contribution in [0.3, 0.4) is 0 Å². The molecule has 0 spiro atoms. The van der Waals surface area contributed by atoms with Gasteiger partial charge in [0.15, 0.2) is 11.6 Å². The number of para-hydroxylation sites is 1. The molecule has 1 aromatic heterocycles. The molecular formula is C26H24FN3O3S. The summed E-state index contributed by atoms with van der Waals surface area (Å²) in [5.41, 5.74) is 3.20. The number of aromatic nitrogens is 2. The summed E-state index contributed by atoms with van der Waals surface area (Å²) in [7, 11) is -3.96. The number of aryl methyl sites for hydroxylation is 1. The molecule has 0 atom stereocenters. The minimum atomic E-state index is -3.96. The average Bonchev–Trinajstić information content (AvgIpc) is 2.80. The van der Waals surface area contributed by atoms with Crippen molar-refractivity contribution in [2.75, 3.05) is 4.72 Å². The van der Waals surface area contributed by atoms with E-state index in [-0.39, 0.29) is 28.4 Å². The lowest BCUT2D eigenvalue weighted by Crippen LogP contribution is -2.15. The van der Waals surface area contributed by atoms with Gasteiger partial charge in [-0.3, -0.25) is 0 Å². The second-order valence-electron chi connectivity index (χ2n) is 8.11. The first-order chi connectivity index (χ1) is 16.2. The van der Waals surface area contributed by atoms with Crippen LogP contribution < -0.4 is 9.46 Å². The Labute approximate surface area is 198 Å². The zero-order chi connectivity index (χ0) is 24.3. The SMILES string of the molecule is Cc1ccc(S(=O)(=O)Nc2nc(Oc3ccccc3F)cc(-c3ccccc3C(C)C)n2)cc1. The summed E-state index contributed by atoms with van der Waals surface area (Å²) in [5, 5.41) is 0. The summed E-state index contributed by atoms with van der Waals surface area (Å²) < 4.78 is 48.3. The predicted octanol–water partition coefficient (Wildman–Crippen LogP) is 6.31. The minimum absolute atomic E-state index is 0.00950. The first kappa shape index (κ1) is 23.4. The van der Waals surface area contributed by atoms with Crippen molar-refractivity contribution in [2.24, 2.45) is 0 Å². The molecule has 0 saturated carbocycles. The number of rotatable bonds is 7. The smallest absolute Gasteiger partial charge is 0.264 e. The molecule has 0 aliphatic heterocycles. The van der Waals surface area contributed by atoms with Crippen molar-refractivity contribution in [2.45, 2.75) is 31.6 Å². The van der Waals surface area contributed by atoms with E-state index < -0.39 is 15.8 Å². The maximum Gasteiger partial charge on any atom is 0.264 e. The fourth-order valence-corrected chi connectivity index (χ4v) is 4.38. The van der Waals surface area contributed by atoms with Gasteiger partial charge in [-0.05, 0) is 42.7 Å². The molecule has 0 radical (unpaired) electrons. The Morgan fingerprint density at radius 1 is 0.912 bits per heavy atom. The summed E-state index contributed by atoms with van der Waals surface area (Å²) in [6.07, 6.45) is 0. The van der Waals surface area contributed by atoms with E-state index in [1.54, 1.807) is 30.3 Å². The Hall–Kier alpha value is -3.78. The van der Waals surface area contributed by atoms with Gasteiger partial charge in [0, 0.05) is 11.6 Å². The van der Waals surface area contributed by atoms with Crippen molar-refractivity contribution in [1.82, 2.24) is 9.97 Å². The van der Waals surface area contributed by atoms with Gasteiger partial charge in [-0.1, -0.05) is 67.9 Å². The van der Waals surface area contributed by atoms with E-state index in [1.165, 1.54) is 24.3 Å². The normalized spacial score (nSPS) is 11.4. The van der Waals surface area contributed by atoms with Crippen LogP contribution >= 0.6 is 0 Å². The Morgan fingerprint density at radius 2 is 1.59 bits per heavy atom. The third-order valence-corrected chi connectivity index (χ3v) is 6.51. The molecule has 0 saturated heterocycles. The van der Waals surface area contributed by atoms with Gasteiger partial charge >= 0.3 is 0 Å². The van der Waals surface area contributed by atoms with Crippen LogP contribution in [0.2, 0.25) is 0 Å². The number of ether oxygens (including phenoxy) is 1. The number of hydrogen-bond acceptors (Lipinski definition) is 5. The molecule has 0 bridgehead atoms. The monoisotopic (exact) mass is 477 g/mol. The maximum atomic E-state index is 14.2. The highest BCUT2D eigenvalue weighted by molar-refractivity contribution is 7.92. The van der Waals surface area contributed by atoms with E-state index in [0.29, 0.717) is 5.69 Å². The number of hydrogen-bond donors (Lipinski definition) is 1. The summed E-state index contributed by atoms with van der Waals surface area (Å²) in [5.74, 6) is -0.572. The van der Waals surface area contributed by atoms with Crippen molar-refractivity contribution >= 4 is 16.0 Å². The van der Waals surface area contributed by atoms with Crippen LogP contribution in [0.5, 0.6) is 11.6 Å². The molecule has 8 heteroatoms. The molecule has 0 aliphatic carbocycles. The van der Waals surface area contributed by atoms with Crippen LogP contribution in [0.4, 0.5) is 10.3 Å². The lowest BCUT2D eigenvalue weighted by Gasteiger charge is -2.15. The Kier molecular flexibility index (Phi) is 6.61. The summed E-state index contributed by atoms with van der Waals surface area (Å²) in [6.45, 7) is 5.98. The average molecular weight is 478 g/mol. The quantitative estimate of drug-likeness (QED) is 0.337. The zero-order valence-corrected chi connectivity index (χ0v) is 19.8. The molecule has 4 rings (SSSR count). The zero-order valence-electron chi connectivity index (χ0n) is 19.0. The molecular weight excluding hydrogens is 453 g/mol. The van der Waals surface area contributed by atoms with Gasteiger partial charge < -0.3 is 4.74 Å². The number of nitrogens with zero attached hydrogens (tertiary/aromatic N) is 2. The summed E-state index contributed by atoms with van der Waals surface area (Å²) >= 11 is 0. The van der Waals surface area contributed by atoms with Crippen molar-refractivity contribution in [1.29, 1.82) is 0 Å². The molecule has 1 N–H and O–H groups in total. The Morgan fingerprint density at radius 3 is 2.29 bits per heavy atom. The molecule has 0 aliphatic rings. The van der Waals surface area contributed by atoms with Crippen LogP contribution in [0, 0.1) is 12.7 Å². The molecule has 34 heavy (non-hydrogen) atoms. The lowest BCUT2D eigenvalue weighted by molar-refractivity contribution is 0.427. The number of anilines is 1. The molecule has 0 amide bonds. The minimum Gasteiger partial charge on any atom is -0.436 e. The van der Waals surface area contributed by atoms with E-state index in [9.17, 15) is 12.8 Å². The van der Waals surface area contributed by atoms with Gasteiger partial charge in [-0.25, -0.2) is 22.5 Å². The number of nitrogens with one attached hydrogen (secondary N) is 1. The molecule has 3 aromatic carbocycles. The third kappa shape index (κ3) is 5.23. The second kappa shape index (κ2) is 9.61. The van der Waals surface area contributed by atoms with Gasteiger partial charge in [-0.2, -0.15) is 4.98 Å². The largest absolute Gasteiger partial charge is 0.436 e. The maximum absolute atomic E-state index is 14.2. The van der Waals surface area contributed by atoms with E-state index in [1.807, 2.05) is 31.2 Å². The van der Waals surface area contributed by atoms with Crippen LogP contribution in [-0.2, 0) is 10.0 Å². The van der Waals surface area contributed by atoms with Crippen molar-refractivity contribution in [3.05, 3.63) is 95.8 Å². The van der Waals surface area contributed by atoms with Crippen LogP contribution in [0.1, 0.15) is 30.9 Å². The first-order valence-corrected chi connectivity index (χ1v) is 12.2. The number of halogens is 1. The van der Waals surface area contributed by atoms with Gasteiger partial charge in [-0.15, -0.1) is 0 Å². The van der Waals surface area contributed by atoms with E-state index in [2.05, 4.69) is 28.5 Å². The highest BCUT2D eigenvalue weighted by Gasteiger charge is 2.19. The molecule has 0 fully saturated rings. The molecule has 6 nitrogen and oxygen atoms in total. The standard InChI is InChI=1S/C26H24FN3O3S/c1-17(2)20-8-4-5-9-21(20)23-16-25(33-24-11-7-6-10-22(24)27)29-26(28-23)30-34(31,32)19-14-12-18(3)13-15-19/h4-17H,1-3H3,(H,28,29,30). The van der Waals surface area contributed by atoms with Gasteiger partial charge in [0.05, 0.1) is 10.6 Å². The predicted molar refractivity (Wildman–Crippen MR) is 130 cm³/mol. The fourth-order valence-electron chi connectivity index (χ4n) is 3.43. The van der Waals surface area contributed by atoms with Gasteiger partial charge in [0.2, 0.25) is 11.8 Å². The molecule has 0 unspecified atom stereocenters. The van der Waals surface area contributed by atoms with E-state index in [0.717, 1.165) is 16.7 Å². The third-order valence-electron chi connectivity index (χ3n) is 5.17. The molecule has 4 aromatic rings. The topological polar surface area (TPSA) is 81.2 Å². The first-order valence-electron chi connectivity index (χ1n) is 10.7. The Bertz CT molecular complexity index is 1420. The van der Waals surface area contributed by atoms with E-state index in [4.69, 9.17) is 4.74 Å². The van der Waals surface area contributed by atoms with Gasteiger partial charge in [0.25, 0.3) is 10.0 Å². The fraction of sp³-hybridized carbons (Fsp3) is 0.154. The number of sulfonamides is 1. The number of benzene rings is 3. The van der Waals surface area contributed by atoms with Crippen molar-refractivity contribution in [3.63, 3.8) is 0 Å². The highest BCUT2D eigenvalue weighted by Crippen LogP contribution is 2.32. The van der Waals surface area contributed by atoms with Crippen LogP contribution in [0.15, 0.2) is 83.8 Å². The Balaban J connectivity index is 1.80. The van der Waals surface area contributed by atoms with Crippen molar-refractivity contribution in [3.8, 4) is 22.9 Å². The van der Waals surface area contributed by atoms with Crippen LogP contribution in [-0.4, -0.2) is 18.4 Å². The summed E-state index contributed by atoms with van der Waals surface area (Å²) in [4.78, 5) is 8.75. The lowest BCUT2D eigenvalue weighted by atomic mass is 9.95. The highest BCUT2D eigenvalue weighted by atomic mass is 32.2. The van der Waals surface area contributed by atoms with E-state index >= 15 is 0 Å². The van der Waals surface area contributed by atoms with Gasteiger partial charge in [0.1, 0.15) is 0 Å². The second-order valence-corrected chi connectivity index (χ2v) is 9.79.